The number of nitrogens with one attached hydrogen (secondary N) is 2. The van der Waals surface area contributed by atoms with Crippen LogP contribution in [0.4, 0.5) is 15.8 Å². The second kappa shape index (κ2) is 11.1. The van der Waals surface area contributed by atoms with Crippen LogP contribution >= 0.6 is 50.6 Å². The number of amides is 3. The van der Waals surface area contributed by atoms with E-state index >= 15 is 0 Å². The predicted octanol–water partition coefficient (Wildman–Crippen LogP) is 5.80. The Hall–Kier alpha value is -3.45. The van der Waals surface area contributed by atoms with Gasteiger partial charge in [0, 0.05) is 31.5 Å². The molecular formula is C28H18BrClFN3O5S2. The lowest BCUT2D eigenvalue weighted by Crippen LogP contribution is -2.32. The fourth-order valence-corrected chi connectivity index (χ4v) is 7.98. The fraction of sp³-hybridized carbons (Fsp3) is 0.143. The smallest absolute Gasteiger partial charge is 0.305 e. The summed E-state index contributed by atoms with van der Waals surface area (Å²) in [6.07, 6.45) is 0. The van der Waals surface area contributed by atoms with Gasteiger partial charge in [0.2, 0.25) is 11.8 Å². The Bertz CT molecular complexity index is 1740. The van der Waals surface area contributed by atoms with Crippen LogP contribution in [0.2, 0.25) is 5.02 Å². The zero-order chi connectivity index (χ0) is 28.8. The normalized spacial score (nSPS) is 19.6. The number of rotatable bonds is 6. The van der Waals surface area contributed by atoms with Gasteiger partial charge >= 0.3 is 4.87 Å². The molecule has 1 fully saturated rings. The van der Waals surface area contributed by atoms with Gasteiger partial charge in [-0.15, -0.1) is 0 Å². The van der Waals surface area contributed by atoms with Crippen LogP contribution < -0.4 is 19.8 Å². The van der Waals surface area contributed by atoms with Crippen molar-refractivity contribution in [2.45, 2.75) is 16.2 Å². The van der Waals surface area contributed by atoms with Gasteiger partial charge in [0.15, 0.2) is 6.61 Å². The predicted molar refractivity (Wildman–Crippen MR) is 159 cm³/mol. The zero-order valence-corrected chi connectivity index (χ0v) is 24.7. The van der Waals surface area contributed by atoms with Gasteiger partial charge < -0.3 is 15.0 Å². The average molecular weight is 675 g/mol. The van der Waals surface area contributed by atoms with E-state index in [1.165, 1.54) is 24.3 Å². The Kier molecular flexibility index (Phi) is 7.49. The SMILES string of the molecule is O=C(COc1ccc(Br)cc1[C@@H]1c2sc(=O)[nH]c2S[C@H]2C(=O)N(c3ccc(F)cc3)C(=O)[C@@H]12)Nc1ccc(Cl)cc1. The first-order valence-electron chi connectivity index (χ1n) is 12.2. The Morgan fingerprint density at radius 2 is 1.78 bits per heavy atom. The summed E-state index contributed by atoms with van der Waals surface area (Å²) in [6.45, 7) is -0.336. The number of nitrogens with zero attached hydrogens (tertiary/aromatic N) is 1. The number of carbonyl (C=O) groups excluding carboxylic acids is 3. The number of thiazole rings is 1. The number of hydrogen-bond acceptors (Lipinski definition) is 7. The molecule has 6 rings (SSSR count). The van der Waals surface area contributed by atoms with Crippen molar-refractivity contribution in [3.8, 4) is 5.75 Å². The van der Waals surface area contributed by atoms with Crippen LogP contribution in [0.3, 0.4) is 0 Å². The Balaban J connectivity index is 1.36. The van der Waals surface area contributed by atoms with E-state index < -0.39 is 40.6 Å². The molecule has 13 heteroatoms. The van der Waals surface area contributed by atoms with E-state index in [9.17, 15) is 23.6 Å². The number of H-pyrrole nitrogens is 1. The van der Waals surface area contributed by atoms with Crippen molar-refractivity contribution in [1.82, 2.24) is 4.98 Å². The van der Waals surface area contributed by atoms with Gasteiger partial charge in [0.1, 0.15) is 16.8 Å². The number of imide groups is 1. The molecule has 3 amide bonds. The lowest BCUT2D eigenvalue weighted by molar-refractivity contribution is -0.122. The summed E-state index contributed by atoms with van der Waals surface area (Å²) in [6, 6.07) is 16.9. The molecule has 8 nitrogen and oxygen atoms in total. The number of benzene rings is 3. The van der Waals surface area contributed by atoms with E-state index in [1.54, 1.807) is 42.5 Å². The molecule has 4 aromatic rings. The second-order valence-electron chi connectivity index (χ2n) is 9.26. The van der Waals surface area contributed by atoms with Gasteiger partial charge in [-0.1, -0.05) is 50.6 Å². The van der Waals surface area contributed by atoms with Crippen molar-refractivity contribution in [2.24, 2.45) is 5.92 Å². The zero-order valence-electron chi connectivity index (χ0n) is 20.7. The number of anilines is 2. The first-order valence-corrected chi connectivity index (χ1v) is 15.1. The molecule has 0 aliphatic carbocycles. The first kappa shape index (κ1) is 27.7. The lowest BCUT2D eigenvalue weighted by Gasteiger charge is -2.31. The molecule has 3 aromatic carbocycles. The van der Waals surface area contributed by atoms with E-state index in [-0.39, 0.29) is 17.2 Å². The maximum absolute atomic E-state index is 13.9. The highest BCUT2D eigenvalue weighted by Gasteiger charge is 2.56. The molecule has 2 N–H and O–H groups in total. The number of hydrogen-bond donors (Lipinski definition) is 2. The molecule has 1 aromatic heterocycles. The summed E-state index contributed by atoms with van der Waals surface area (Å²) in [5.74, 6) is -3.12. The molecule has 41 heavy (non-hydrogen) atoms. The third-order valence-corrected chi connectivity index (χ3v) is 9.85. The van der Waals surface area contributed by atoms with E-state index in [0.717, 1.165) is 28.0 Å². The van der Waals surface area contributed by atoms with Crippen LogP contribution in [0.15, 0.2) is 81.0 Å². The summed E-state index contributed by atoms with van der Waals surface area (Å²) in [5, 5.41) is 2.93. The Labute approximate surface area is 254 Å². The highest BCUT2D eigenvalue weighted by Crippen LogP contribution is 2.54. The van der Waals surface area contributed by atoms with Crippen LogP contribution in [0.5, 0.6) is 5.75 Å². The topological polar surface area (TPSA) is 109 Å². The van der Waals surface area contributed by atoms with Crippen LogP contribution in [-0.4, -0.2) is 34.6 Å². The molecule has 0 bridgehead atoms. The van der Waals surface area contributed by atoms with Crippen LogP contribution in [0.25, 0.3) is 0 Å². The molecule has 1 saturated heterocycles. The van der Waals surface area contributed by atoms with Crippen molar-refractivity contribution < 1.29 is 23.5 Å². The Morgan fingerprint density at radius 1 is 1.05 bits per heavy atom. The third-order valence-electron chi connectivity index (χ3n) is 6.70. The number of aromatic amines is 1. The van der Waals surface area contributed by atoms with Crippen molar-refractivity contribution in [3.63, 3.8) is 0 Å². The maximum atomic E-state index is 13.9. The minimum Gasteiger partial charge on any atom is -0.483 e. The maximum Gasteiger partial charge on any atom is 0.305 e. The van der Waals surface area contributed by atoms with E-state index in [1.807, 2.05) is 0 Å². The summed E-state index contributed by atoms with van der Waals surface area (Å²) in [7, 11) is 0. The monoisotopic (exact) mass is 673 g/mol. The van der Waals surface area contributed by atoms with Crippen LogP contribution in [-0.2, 0) is 14.4 Å². The number of ether oxygens (including phenoxy) is 1. The summed E-state index contributed by atoms with van der Waals surface area (Å²) < 4.78 is 20.2. The third kappa shape index (κ3) is 5.32. The number of aromatic nitrogens is 1. The number of fused-ring (bicyclic) bond motifs is 2. The van der Waals surface area contributed by atoms with Gasteiger partial charge in [-0.25, -0.2) is 9.29 Å². The van der Waals surface area contributed by atoms with Crippen molar-refractivity contribution in [2.75, 3.05) is 16.8 Å². The van der Waals surface area contributed by atoms with E-state index in [0.29, 0.717) is 36.4 Å². The molecule has 0 radical (unpaired) electrons. The summed E-state index contributed by atoms with van der Waals surface area (Å²) >= 11 is 11.5. The summed E-state index contributed by atoms with van der Waals surface area (Å²) in [5.41, 5.74) is 1.34. The number of halogens is 3. The molecular weight excluding hydrogens is 657 g/mol. The first-order chi connectivity index (χ1) is 19.7. The molecule has 208 valence electrons. The Morgan fingerprint density at radius 3 is 2.51 bits per heavy atom. The van der Waals surface area contributed by atoms with Gasteiger partial charge in [-0.05, 0) is 66.7 Å². The lowest BCUT2D eigenvalue weighted by atomic mass is 9.82. The quantitative estimate of drug-likeness (QED) is 0.250. The van der Waals surface area contributed by atoms with Gasteiger partial charge in [0.05, 0.1) is 16.6 Å². The molecule has 0 unspecified atom stereocenters. The molecule has 0 saturated carbocycles. The molecule has 0 spiro atoms. The minimum absolute atomic E-state index is 0.261. The fourth-order valence-electron chi connectivity index (χ4n) is 4.96. The van der Waals surface area contributed by atoms with E-state index in [2.05, 4.69) is 26.2 Å². The second-order valence-corrected chi connectivity index (χ2v) is 12.8. The number of thioether (sulfide) groups is 1. The largest absolute Gasteiger partial charge is 0.483 e. The highest BCUT2D eigenvalue weighted by atomic mass is 79.9. The van der Waals surface area contributed by atoms with Gasteiger partial charge in [-0.2, -0.15) is 0 Å². The van der Waals surface area contributed by atoms with Gasteiger partial charge in [0.25, 0.3) is 5.91 Å². The minimum atomic E-state index is -0.879. The van der Waals surface area contributed by atoms with Gasteiger partial charge in [-0.3, -0.25) is 19.2 Å². The average Bonchev–Trinajstić information content (AvgIpc) is 3.44. The number of carbonyl (C=O) groups is 3. The van der Waals surface area contributed by atoms with Crippen molar-refractivity contribution in [1.29, 1.82) is 0 Å². The molecule has 3 heterocycles. The van der Waals surface area contributed by atoms with Crippen molar-refractivity contribution in [3.05, 3.63) is 102 Å². The standard InChI is InChI=1S/C28H18BrClFN3O5S2/c29-13-1-10-19(39-12-20(35)32-16-6-2-14(30)3-7-16)18(11-13)21-22-24(40-25-23(21)41-28(38)33-25)27(37)34(26(22)36)17-8-4-15(31)5-9-17/h1-11,21-22,24H,12H2,(H,32,35)(H,33,38)/t21-,22-,24+/m0/s1. The van der Waals surface area contributed by atoms with Crippen LogP contribution in [0, 0.1) is 11.7 Å². The van der Waals surface area contributed by atoms with Crippen molar-refractivity contribution >= 4 is 79.7 Å². The van der Waals surface area contributed by atoms with Crippen LogP contribution in [0.1, 0.15) is 16.4 Å². The molecule has 2 aliphatic heterocycles. The van der Waals surface area contributed by atoms with E-state index in [4.69, 9.17) is 16.3 Å². The highest BCUT2D eigenvalue weighted by molar-refractivity contribution is 9.10. The molecule has 3 atom stereocenters. The molecule has 2 aliphatic rings. The summed E-state index contributed by atoms with van der Waals surface area (Å²) in [4.78, 5) is 56.7.